The maximum atomic E-state index is 11.7. The molecule has 3 amide bonds. The Kier molecular flexibility index (Phi) is 4.41. The minimum Gasteiger partial charge on any atom is -0.480 e. The second-order valence-corrected chi connectivity index (χ2v) is 4.50. The van der Waals surface area contributed by atoms with Gasteiger partial charge in [-0.3, -0.25) is 19.3 Å². The zero-order valence-corrected chi connectivity index (χ0v) is 10.3. The second kappa shape index (κ2) is 5.61. The highest BCUT2D eigenvalue weighted by molar-refractivity contribution is 5.98. The van der Waals surface area contributed by atoms with E-state index < -0.39 is 29.7 Å². The number of carbonyl (C=O) groups is 4. The molecule has 1 aliphatic rings. The van der Waals surface area contributed by atoms with Gasteiger partial charge in [-0.25, -0.2) is 4.79 Å². The Balaban J connectivity index is 2.74. The second-order valence-electron chi connectivity index (χ2n) is 4.50. The Hall–Kier alpha value is -1.92. The van der Waals surface area contributed by atoms with Crippen LogP contribution in [-0.2, 0) is 19.2 Å². The van der Waals surface area contributed by atoms with Crippen molar-refractivity contribution in [3.8, 4) is 0 Å². The smallest absolute Gasteiger partial charge is 0.328 e. The molecule has 0 bridgehead atoms. The lowest BCUT2D eigenvalue weighted by Crippen LogP contribution is -2.53. The Morgan fingerprint density at radius 2 is 1.89 bits per heavy atom. The van der Waals surface area contributed by atoms with Gasteiger partial charge in [0.25, 0.3) is 0 Å². The van der Waals surface area contributed by atoms with Gasteiger partial charge in [0.1, 0.15) is 6.04 Å². The number of nitrogens with zero attached hydrogens (tertiary/aromatic N) is 1. The molecule has 7 nitrogen and oxygen atoms in total. The molecule has 0 saturated carbocycles. The average Bonchev–Trinajstić information content (AvgIpc) is 2.20. The van der Waals surface area contributed by atoms with E-state index in [1.807, 2.05) is 0 Å². The average molecular weight is 256 g/mol. The topological polar surface area (TPSA) is 104 Å². The molecular formula is C11H16N2O5. The van der Waals surface area contributed by atoms with Crippen LogP contribution in [-0.4, -0.2) is 46.3 Å². The molecule has 1 aliphatic heterocycles. The third kappa shape index (κ3) is 3.54. The van der Waals surface area contributed by atoms with Crippen LogP contribution in [0, 0.1) is 5.92 Å². The van der Waals surface area contributed by atoms with Crippen molar-refractivity contribution in [1.82, 2.24) is 10.2 Å². The number of piperidine rings is 1. The first kappa shape index (κ1) is 14.1. The van der Waals surface area contributed by atoms with Gasteiger partial charge in [0, 0.05) is 19.8 Å². The number of nitrogens with one attached hydrogen (secondary N) is 1. The first-order valence-electron chi connectivity index (χ1n) is 5.64. The van der Waals surface area contributed by atoms with E-state index in [0.717, 1.165) is 4.90 Å². The van der Waals surface area contributed by atoms with Crippen LogP contribution in [0.4, 0.5) is 0 Å². The third-order valence-electron chi connectivity index (χ3n) is 2.69. The summed E-state index contributed by atoms with van der Waals surface area (Å²) >= 11 is 0. The van der Waals surface area contributed by atoms with Crippen LogP contribution in [0.1, 0.15) is 26.7 Å². The number of amides is 3. The van der Waals surface area contributed by atoms with Crippen LogP contribution in [0.2, 0.25) is 0 Å². The largest absolute Gasteiger partial charge is 0.480 e. The minimum atomic E-state index is -1.27. The molecule has 1 saturated heterocycles. The lowest BCUT2D eigenvalue weighted by Gasteiger charge is -2.30. The molecule has 2 N–H and O–H groups in total. The van der Waals surface area contributed by atoms with Gasteiger partial charge in [0.2, 0.25) is 17.7 Å². The van der Waals surface area contributed by atoms with Gasteiger partial charge in [-0.1, -0.05) is 6.92 Å². The summed E-state index contributed by atoms with van der Waals surface area (Å²) in [6, 6.07) is -1.26. The van der Waals surface area contributed by atoms with E-state index in [2.05, 4.69) is 5.32 Å². The lowest BCUT2D eigenvalue weighted by molar-refractivity contribution is -0.152. The van der Waals surface area contributed by atoms with Crippen molar-refractivity contribution in [2.45, 2.75) is 32.7 Å². The summed E-state index contributed by atoms with van der Waals surface area (Å²) in [5, 5.41) is 11.1. The van der Waals surface area contributed by atoms with Gasteiger partial charge >= 0.3 is 5.97 Å². The molecule has 0 aromatic carbocycles. The molecule has 100 valence electrons. The van der Waals surface area contributed by atoms with Crippen molar-refractivity contribution in [1.29, 1.82) is 0 Å². The van der Waals surface area contributed by atoms with Gasteiger partial charge in [0.15, 0.2) is 0 Å². The fourth-order valence-electron chi connectivity index (χ4n) is 1.84. The number of likely N-dealkylation sites (tertiary alicyclic amines) is 1. The Bertz CT molecular complexity index is 375. The predicted molar refractivity (Wildman–Crippen MR) is 60.4 cm³/mol. The highest BCUT2D eigenvalue weighted by atomic mass is 16.4. The van der Waals surface area contributed by atoms with Crippen molar-refractivity contribution in [2.75, 3.05) is 6.54 Å². The monoisotopic (exact) mass is 256 g/mol. The molecule has 1 heterocycles. The molecule has 0 aliphatic carbocycles. The van der Waals surface area contributed by atoms with E-state index in [9.17, 15) is 19.2 Å². The van der Waals surface area contributed by atoms with E-state index >= 15 is 0 Å². The highest BCUT2D eigenvalue weighted by Crippen LogP contribution is 2.18. The van der Waals surface area contributed by atoms with Crippen molar-refractivity contribution in [3.63, 3.8) is 0 Å². The summed E-state index contributed by atoms with van der Waals surface area (Å²) < 4.78 is 0. The summed E-state index contributed by atoms with van der Waals surface area (Å²) in [7, 11) is 0. The molecule has 18 heavy (non-hydrogen) atoms. The number of hydrogen-bond donors (Lipinski definition) is 2. The molecule has 1 atom stereocenters. The molecule has 1 fully saturated rings. The number of carboxylic acid groups (broad SMARTS) is 1. The maximum absolute atomic E-state index is 11.7. The van der Waals surface area contributed by atoms with E-state index in [-0.39, 0.29) is 25.3 Å². The Morgan fingerprint density at radius 1 is 1.39 bits per heavy atom. The number of rotatable bonds is 4. The first-order valence-corrected chi connectivity index (χ1v) is 5.64. The zero-order valence-electron chi connectivity index (χ0n) is 10.3. The van der Waals surface area contributed by atoms with Crippen LogP contribution in [0.15, 0.2) is 0 Å². The van der Waals surface area contributed by atoms with Crippen LogP contribution >= 0.6 is 0 Å². The van der Waals surface area contributed by atoms with Crippen LogP contribution in [0.5, 0.6) is 0 Å². The highest BCUT2D eigenvalue weighted by Gasteiger charge is 2.33. The maximum Gasteiger partial charge on any atom is 0.328 e. The van der Waals surface area contributed by atoms with Crippen LogP contribution in [0.3, 0.4) is 0 Å². The quantitative estimate of drug-likeness (QED) is 0.651. The summed E-state index contributed by atoms with van der Waals surface area (Å²) in [4.78, 5) is 46.0. The van der Waals surface area contributed by atoms with Gasteiger partial charge in [0.05, 0.1) is 6.54 Å². The van der Waals surface area contributed by atoms with E-state index in [4.69, 9.17) is 5.11 Å². The minimum absolute atomic E-state index is 0.0229. The van der Waals surface area contributed by atoms with Gasteiger partial charge < -0.3 is 10.4 Å². The number of hydrogen-bond acceptors (Lipinski definition) is 4. The van der Waals surface area contributed by atoms with Crippen LogP contribution < -0.4 is 5.32 Å². The first-order chi connectivity index (χ1) is 8.31. The van der Waals surface area contributed by atoms with Crippen molar-refractivity contribution in [3.05, 3.63) is 0 Å². The van der Waals surface area contributed by atoms with Crippen molar-refractivity contribution >= 4 is 23.7 Å². The number of imide groups is 1. The molecule has 1 rings (SSSR count). The fourth-order valence-corrected chi connectivity index (χ4v) is 1.84. The SMILES string of the molecule is CC(=O)NC(CN1C(=O)CC(C)CC1=O)C(=O)O. The molecule has 1 unspecified atom stereocenters. The van der Waals surface area contributed by atoms with Crippen molar-refractivity contribution in [2.24, 2.45) is 5.92 Å². The van der Waals surface area contributed by atoms with Crippen LogP contribution in [0.25, 0.3) is 0 Å². The molecule has 0 spiro atoms. The van der Waals surface area contributed by atoms with E-state index in [1.165, 1.54) is 6.92 Å². The van der Waals surface area contributed by atoms with Gasteiger partial charge in [-0.2, -0.15) is 0 Å². The Labute approximate surface area is 104 Å². The number of aliphatic carboxylic acids is 1. The lowest BCUT2D eigenvalue weighted by atomic mass is 9.97. The molecular weight excluding hydrogens is 240 g/mol. The van der Waals surface area contributed by atoms with Gasteiger partial charge in [-0.15, -0.1) is 0 Å². The fraction of sp³-hybridized carbons (Fsp3) is 0.636. The third-order valence-corrected chi connectivity index (χ3v) is 2.69. The summed E-state index contributed by atoms with van der Waals surface area (Å²) in [5.74, 6) is -2.60. The standard InChI is InChI=1S/C11H16N2O5/c1-6-3-9(15)13(10(16)4-6)5-8(11(17)18)12-7(2)14/h6,8H,3-5H2,1-2H3,(H,12,14)(H,17,18). The molecule has 0 aromatic heterocycles. The zero-order chi connectivity index (χ0) is 13.9. The molecule has 0 radical (unpaired) electrons. The van der Waals surface area contributed by atoms with Gasteiger partial charge in [-0.05, 0) is 5.92 Å². The summed E-state index contributed by atoms with van der Waals surface area (Å²) in [6.45, 7) is 2.65. The van der Waals surface area contributed by atoms with E-state index in [1.54, 1.807) is 6.92 Å². The molecule has 0 aromatic rings. The number of carboxylic acids is 1. The summed E-state index contributed by atoms with van der Waals surface area (Å²) in [5.41, 5.74) is 0. The number of carbonyl (C=O) groups excluding carboxylic acids is 3. The van der Waals surface area contributed by atoms with Crippen molar-refractivity contribution < 1.29 is 24.3 Å². The summed E-state index contributed by atoms with van der Waals surface area (Å²) in [6.07, 6.45) is 0.441. The molecule has 7 heteroatoms. The van der Waals surface area contributed by atoms with E-state index in [0.29, 0.717) is 0 Å². The normalized spacial score (nSPS) is 18.7. The predicted octanol–water partition coefficient (Wildman–Crippen LogP) is -0.639. The Morgan fingerprint density at radius 3 is 2.28 bits per heavy atom.